The van der Waals surface area contributed by atoms with E-state index in [0.29, 0.717) is 18.5 Å². The van der Waals surface area contributed by atoms with Gasteiger partial charge in [0.05, 0.1) is 0 Å². The summed E-state index contributed by atoms with van der Waals surface area (Å²) in [6.07, 6.45) is 4.40. The van der Waals surface area contributed by atoms with Crippen LogP contribution in [0.3, 0.4) is 0 Å². The second-order valence-electron chi connectivity index (χ2n) is 5.25. The molecule has 4 nitrogen and oxygen atoms in total. The van der Waals surface area contributed by atoms with Crippen molar-refractivity contribution in [1.29, 1.82) is 0 Å². The quantitative estimate of drug-likeness (QED) is 0.703. The summed E-state index contributed by atoms with van der Waals surface area (Å²) < 4.78 is 0. The SMILES string of the molecule is O=C(O)C1(NC2CC2)CN2CCC1CC2. The fourth-order valence-corrected chi connectivity index (χ4v) is 3.13. The molecular formula is C11H18N2O2. The van der Waals surface area contributed by atoms with Crippen molar-refractivity contribution in [1.82, 2.24) is 10.2 Å². The normalized spacial score (nSPS) is 44.3. The number of carboxylic acid groups (broad SMARTS) is 1. The van der Waals surface area contributed by atoms with Crippen molar-refractivity contribution in [2.75, 3.05) is 19.6 Å². The Balaban J connectivity index is 1.85. The predicted molar refractivity (Wildman–Crippen MR) is 55.7 cm³/mol. The van der Waals surface area contributed by atoms with Crippen molar-refractivity contribution < 1.29 is 9.90 Å². The highest BCUT2D eigenvalue weighted by atomic mass is 16.4. The van der Waals surface area contributed by atoms with Gasteiger partial charge >= 0.3 is 5.97 Å². The van der Waals surface area contributed by atoms with E-state index >= 15 is 0 Å². The maximum absolute atomic E-state index is 11.5. The van der Waals surface area contributed by atoms with Gasteiger partial charge in [0.2, 0.25) is 0 Å². The van der Waals surface area contributed by atoms with Crippen molar-refractivity contribution in [3.8, 4) is 0 Å². The van der Waals surface area contributed by atoms with Gasteiger partial charge in [0, 0.05) is 12.6 Å². The molecule has 0 aromatic heterocycles. The molecule has 0 aromatic carbocycles. The Bertz CT molecular complexity index is 278. The number of nitrogens with zero attached hydrogens (tertiary/aromatic N) is 1. The van der Waals surface area contributed by atoms with E-state index in [4.69, 9.17) is 0 Å². The van der Waals surface area contributed by atoms with E-state index in [1.165, 1.54) is 0 Å². The van der Waals surface area contributed by atoms with Crippen LogP contribution in [0.25, 0.3) is 0 Å². The molecule has 4 aliphatic rings. The van der Waals surface area contributed by atoms with E-state index in [-0.39, 0.29) is 0 Å². The number of hydrogen-bond acceptors (Lipinski definition) is 3. The van der Waals surface area contributed by atoms with Crippen molar-refractivity contribution in [2.24, 2.45) is 5.92 Å². The van der Waals surface area contributed by atoms with Crippen LogP contribution in [-0.2, 0) is 4.79 Å². The number of fused-ring (bicyclic) bond motifs is 3. The first-order valence-corrected chi connectivity index (χ1v) is 5.94. The minimum Gasteiger partial charge on any atom is -0.480 e. The molecule has 3 saturated heterocycles. The van der Waals surface area contributed by atoms with Crippen molar-refractivity contribution in [3.63, 3.8) is 0 Å². The fraction of sp³-hybridized carbons (Fsp3) is 0.909. The summed E-state index contributed by atoms with van der Waals surface area (Å²) in [4.78, 5) is 13.8. The number of hydrogen-bond donors (Lipinski definition) is 2. The van der Waals surface area contributed by atoms with Gasteiger partial charge in [-0.05, 0) is 44.7 Å². The highest BCUT2D eigenvalue weighted by molar-refractivity contribution is 5.80. The van der Waals surface area contributed by atoms with Crippen LogP contribution in [0.5, 0.6) is 0 Å². The number of carboxylic acids is 1. The summed E-state index contributed by atoms with van der Waals surface area (Å²) in [6, 6.07) is 0.474. The van der Waals surface area contributed by atoms with E-state index < -0.39 is 11.5 Å². The van der Waals surface area contributed by atoms with Gasteiger partial charge in [-0.3, -0.25) is 10.1 Å². The number of carbonyl (C=O) groups is 1. The van der Waals surface area contributed by atoms with Gasteiger partial charge in [0.15, 0.2) is 0 Å². The molecule has 4 rings (SSSR count). The molecule has 1 unspecified atom stereocenters. The molecule has 4 heteroatoms. The van der Waals surface area contributed by atoms with Crippen LogP contribution in [-0.4, -0.2) is 47.2 Å². The Labute approximate surface area is 89.6 Å². The number of rotatable bonds is 3. The van der Waals surface area contributed by atoms with Crippen LogP contribution in [0.2, 0.25) is 0 Å². The maximum atomic E-state index is 11.5. The first kappa shape index (κ1) is 9.60. The van der Waals surface area contributed by atoms with Crippen LogP contribution in [0.4, 0.5) is 0 Å². The zero-order valence-electron chi connectivity index (χ0n) is 8.91. The third-order valence-corrected chi connectivity index (χ3v) is 4.18. The van der Waals surface area contributed by atoms with Crippen molar-refractivity contribution in [3.05, 3.63) is 0 Å². The first-order chi connectivity index (χ1) is 7.21. The molecule has 0 aromatic rings. The zero-order valence-corrected chi connectivity index (χ0v) is 8.91. The monoisotopic (exact) mass is 210 g/mol. The van der Waals surface area contributed by atoms with E-state index in [2.05, 4.69) is 10.2 Å². The minimum absolute atomic E-state index is 0.348. The molecule has 1 saturated carbocycles. The summed E-state index contributed by atoms with van der Waals surface area (Å²) in [6.45, 7) is 2.89. The van der Waals surface area contributed by atoms with E-state index in [0.717, 1.165) is 38.8 Å². The first-order valence-electron chi connectivity index (χ1n) is 5.94. The van der Waals surface area contributed by atoms with E-state index in [1.54, 1.807) is 0 Å². The van der Waals surface area contributed by atoms with Crippen LogP contribution < -0.4 is 5.32 Å². The molecule has 84 valence electrons. The smallest absolute Gasteiger partial charge is 0.325 e. The predicted octanol–water partition coefficient (Wildman–Crippen LogP) is 0.287. The van der Waals surface area contributed by atoms with Gasteiger partial charge < -0.3 is 10.0 Å². The molecular weight excluding hydrogens is 192 g/mol. The zero-order chi connectivity index (χ0) is 10.5. The lowest BCUT2D eigenvalue weighted by molar-refractivity contribution is -0.154. The highest BCUT2D eigenvalue weighted by Gasteiger charge is 2.53. The van der Waals surface area contributed by atoms with Gasteiger partial charge in [-0.15, -0.1) is 0 Å². The minimum atomic E-state index is -0.635. The van der Waals surface area contributed by atoms with Crippen molar-refractivity contribution in [2.45, 2.75) is 37.3 Å². The maximum Gasteiger partial charge on any atom is 0.325 e. The Morgan fingerprint density at radius 2 is 1.93 bits per heavy atom. The lowest BCUT2D eigenvalue weighted by Gasteiger charge is -2.51. The van der Waals surface area contributed by atoms with Crippen LogP contribution in [0.1, 0.15) is 25.7 Å². The standard InChI is InChI=1S/C11H18N2O2/c14-10(15)11(12-9-1-2-9)7-13-5-3-8(11)4-6-13/h8-9,12H,1-7H2,(H,14,15). The highest BCUT2D eigenvalue weighted by Crippen LogP contribution is 2.38. The molecule has 1 aliphatic carbocycles. The van der Waals surface area contributed by atoms with Crippen LogP contribution in [0.15, 0.2) is 0 Å². The number of piperidine rings is 3. The summed E-state index contributed by atoms with van der Waals surface area (Å²) >= 11 is 0. The lowest BCUT2D eigenvalue weighted by atomic mass is 9.72. The third-order valence-electron chi connectivity index (χ3n) is 4.18. The molecule has 0 amide bonds. The van der Waals surface area contributed by atoms with Gasteiger partial charge in [-0.2, -0.15) is 0 Å². The lowest BCUT2D eigenvalue weighted by Crippen LogP contribution is -2.70. The summed E-state index contributed by atoms with van der Waals surface area (Å²) in [5.74, 6) is -0.288. The molecule has 3 aliphatic heterocycles. The van der Waals surface area contributed by atoms with Gasteiger partial charge in [-0.25, -0.2) is 0 Å². The molecule has 1 atom stereocenters. The van der Waals surface area contributed by atoms with Gasteiger partial charge in [-0.1, -0.05) is 0 Å². The topological polar surface area (TPSA) is 52.6 Å². The second-order valence-corrected chi connectivity index (χ2v) is 5.25. The molecule has 4 fully saturated rings. The van der Waals surface area contributed by atoms with Crippen LogP contribution >= 0.6 is 0 Å². The number of nitrogens with one attached hydrogen (secondary N) is 1. The molecule has 3 heterocycles. The molecule has 2 N–H and O–H groups in total. The summed E-state index contributed by atoms with van der Waals surface area (Å²) in [7, 11) is 0. The Morgan fingerprint density at radius 3 is 2.33 bits per heavy atom. The van der Waals surface area contributed by atoms with Gasteiger partial charge in [0.1, 0.15) is 5.54 Å². The third kappa shape index (κ3) is 1.47. The van der Waals surface area contributed by atoms with E-state index in [1.807, 2.05) is 0 Å². The second kappa shape index (κ2) is 3.19. The fourth-order valence-electron chi connectivity index (χ4n) is 3.13. The van der Waals surface area contributed by atoms with Gasteiger partial charge in [0.25, 0.3) is 0 Å². The Kier molecular flexibility index (Phi) is 2.04. The molecule has 2 bridgehead atoms. The Hall–Kier alpha value is -0.610. The van der Waals surface area contributed by atoms with Crippen LogP contribution in [0, 0.1) is 5.92 Å². The summed E-state index contributed by atoms with van der Waals surface area (Å²) in [5.41, 5.74) is -0.627. The average molecular weight is 210 g/mol. The Morgan fingerprint density at radius 1 is 1.27 bits per heavy atom. The van der Waals surface area contributed by atoms with E-state index in [9.17, 15) is 9.90 Å². The van der Waals surface area contributed by atoms with Crippen molar-refractivity contribution >= 4 is 5.97 Å². The number of aliphatic carboxylic acids is 1. The molecule has 15 heavy (non-hydrogen) atoms. The summed E-state index contributed by atoms with van der Waals surface area (Å²) in [5, 5.41) is 12.9. The molecule has 0 radical (unpaired) electrons. The largest absolute Gasteiger partial charge is 0.480 e. The average Bonchev–Trinajstić information content (AvgIpc) is 3.03. The molecule has 0 spiro atoms.